The van der Waals surface area contributed by atoms with Gasteiger partial charge in [0, 0.05) is 23.5 Å². The fraction of sp³-hybridized carbons (Fsp3) is 0.200. The van der Waals surface area contributed by atoms with Gasteiger partial charge in [-0.3, -0.25) is 0 Å². The van der Waals surface area contributed by atoms with Crippen molar-refractivity contribution < 1.29 is 0 Å². The maximum Gasteiger partial charge on any atom is 0.0434 e. The lowest BCUT2D eigenvalue weighted by Crippen LogP contribution is -2.02. The van der Waals surface area contributed by atoms with Crippen LogP contribution in [-0.4, -0.2) is 6.54 Å². The minimum absolute atomic E-state index is 0.603. The van der Waals surface area contributed by atoms with E-state index in [2.05, 4.69) is 18.8 Å². The van der Waals surface area contributed by atoms with E-state index in [1.54, 1.807) is 0 Å². The van der Waals surface area contributed by atoms with Crippen molar-refractivity contribution in [2.24, 2.45) is 5.73 Å². The van der Waals surface area contributed by atoms with Crippen molar-refractivity contribution in [1.29, 1.82) is 0 Å². The Labute approximate surface area is 73.1 Å². The van der Waals surface area contributed by atoms with Crippen LogP contribution in [0.25, 0.3) is 5.70 Å². The van der Waals surface area contributed by atoms with Gasteiger partial charge in [0.25, 0.3) is 0 Å². The van der Waals surface area contributed by atoms with Crippen LogP contribution in [-0.2, 0) is 0 Å². The number of para-hydroxylation sites is 1. The van der Waals surface area contributed by atoms with E-state index < -0.39 is 0 Å². The molecule has 3 N–H and O–H groups in total. The van der Waals surface area contributed by atoms with Crippen molar-refractivity contribution in [2.75, 3.05) is 11.9 Å². The van der Waals surface area contributed by atoms with Gasteiger partial charge in [-0.05, 0) is 13.0 Å². The molecule has 12 heavy (non-hydrogen) atoms. The summed E-state index contributed by atoms with van der Waals surface area (Å²) in [7, 11) is 0. The van der Waals surface area contributed by atoms with Crippen LogP contribution in [0.2, 0.25) is 0 Å². The summed E-state index contributed by atoms with van der Waals surface area (Å²) < 4.78 is 0. The van der Waals surface area contributed by atoms with Crippen LogP contribution >= 0.6 is 0 Å². The second kappa shape index (κ2) is 3.81. The lowest BCUT2D eigenvalue weighted by atomic mass is 10.1. The van der Waals surface area contributed by atoms with Crippen molar-refractivity contribution in [1.82, 2.24) is 0 Å². The van der Waals surface area contributed by atoms with E-state index in [9.17, 15) is 0 Å². The van der Waals surface area contributed by atoms with Gasteiger partial charge in [-0.1, -0.05) is 24.8 Å². The van der Waals surface area contributed by atoms with Crippen molar-refractivity contribution in [3.8, 4) is 0 Å². The average Bonchev–Trinajstić information content (AvgIpc) is 2.05. The van der Waals surface area contributed by atoms with E-state index >= 15 is 0 Å². The molecule has 0 atom stereocenters. The van der Waals surface area contributed by atoms with Gasteiger partial charge in [0.2, 0.25) is 0 Å². The maximum absolute atomic E-state index is 5.61. The molecule has 0 saturated heterocycles. The molecule has 1 rings (SSSR count). The highest BCUT2D eigenvalue weighted by Crippen LogP contribution is 2.18. The SMILES string of the molecule is C=C(N)c1ccccc1NCC. The molecule has 0 heterocycles. The Morgan fingerprint density at radius 3 is 2.75 bits per heavy atom. The standard InChI is InChI=1S/C10H14N2/c1-3-12-10-7-5-4-6-9(10)8(2)11/h4-7,12H,2-3,11H2,1H3. The van der Waals surface area contributed by atoms with E-state index in [0.29, 0.717) is 5.70 Å². The minimum Gasteiger partial charge on any atom is -0.399 e. The Kier molecular flexibility index (Phi) is 2.75. The summed E-state index contributed by atoms with van der Waals surface area (Å²) in [5.74, 6) is 0. The average molecular weight is 162 g/mol. The number of nitrogens with two attached hydrogens (primary N) is 1. The summed E-state index contributed by atoms with van der Waals surface area (Å²) in [5.41, 5.74) is 8.25. The first kappa shape index (κ1) is 8.65. The molecule has 2 nitrogen and oxygen atoms in total. The molecule has 1 aromatic carbocycles. The van der Waals surface area contributed by atoms with Crippen molar-refractivity contribution >= 4 is 11.4 Å². The van der Waals surface area contributed by atoms with Crippen LogP contribution in [0.15, 0.2) is 30.8 Å². The van der Waals surface area contributed by atoms with Crippen LogP contribution in [0.1, 0.15) is 12.5 Å². The molecule has 0 spiro atoms. The predicted octanol–water partition coefficient (Wildman–Crippen LogP) is 2.05. The molecule has 0 unspecified atom stereocenters. The zero-order valence-corrected chi connectivity index (χ0v) is 7.30. The summed E-state index contributed by atoms with van der Waals surface area (Å²) in [5, 5.41) is 3.22. The second-order valence-electron chi connectivity index (χ2n) is 2.60. The first-order chi connectivity index (χ1) is 5.75. The first-order valence-electron chi connectivity index (χ1n) is 4.03. The van der Waals surface area contributed by atoms with Gasteiger partial charge in [0.05, 0.1) is 0 Å². The fourth-order valence-corrected chi connectivity index (χ4v) is 1.11. The highest BCUT2D eigenvalue weighted by Gasteiger charge is 1.99. The number of hydrogen-bond donors (Lipinski definition) is 2. The Bertz CT molecular complexity index is 279. The Balaban J connectivity index is 3.00. The van der Waals surface area contributed by atoms with Crippen LogP contribution in [0.4, 0.5) is 5.69 Å². The number of rotatable bonds is 3. The van der Waals surface area contributed by atoms with Gasteiger partial charge in [0.15, 0.2) is 0 Å². The second-order valence-corrected chi connectivity index (χ2v) is 2.60. The van der Waals surface area contributed by atoms with Crippen molar-refractivity contribution in [3.05, 3.63) is 36.4 Å². The Morgan fingerprint density at radius 2 is 2.17 bits per heavy atom. The molecule has 2 heteroatoms. The number of benzene rings is 1. The fourth-order valence-electron chi connectivity index (χ4n) is 1.11. The third kappa shape index (κ3) is 1.78. The minimum atomic E-state index is 0.603. The van der Waals surface area contributed by atoms with E-state index in [-0.39, 0.29) is 0 Å². The molecular formula is C10H14N2. The van der Waals surface area contributed by atoms with Gasteiger partial charge in [-0.25, -0.2) is 0 Å². The molecule has 0 aromatic heterocycles. The van der Waals surface area contributed by atoms with Crippen molar-refractivity contribution in [3.63, 3.8) is 0 Å². The Morgan fingerprint density at radius 1 is 1.50 bits per heavy atom. The highest BCUT2D eigenvalue weighted by atomic mass is 14.9. The summed E-state index contributed by atoms with van der Waals surface area (Å²) >= 11 is 0. The predicted molar refractivity (Wildman–Crippen MR) is 53.8 cm³/mol. The third-order valence-corrected chi connectivity index (χ3v) is 1.64. The van der Waals surface area contributed by atoms with Gasteiger partial charge in [-0.2, -0.15) is 0 Å². The molecule has 0 aliphatic rings. The summed E-state index contributed by atoms with van der Waals surface area (Å²) in [6, 6.07) is 7.88. The summed E-state index contributed by atoms with van der Waals surface area (Å²) in [4.78, 5) is 0. The summed E-state index contributed by atoms with van der Waals surface area (Å²) in [6.45, 7) is 6.65. The van der Waals surface area contributed by atoms with E-state index in [4.69, 9.17) is 5.73 Å². The summed E-state index contributed by atoms with van der Waals surface area (Å²) in [6.07, 6.45) is 0. The molecule has 0 amide bonds. The van der Waals surface area contributed by atoms with E-state index in [0.717, 1.165) is 17.8 Å². The molecule has 1 aromatic rings. The molecule has 0 bridgehead atoms. The van der Waals surface area contributed by atoms with E-state index in [1.165, 1.54) is 0 Å². The molecule has 0 aliphatic carbocycles. The maximum atomic E-state index is 5.61. The molecular weight excluding hydrogens is 148 g/mol. The van der Waals surface area contributed by atoms with Gasteiger partial charge < -0.3 is 11.1 Å². The molecule has 0 aliphatic heterocycles. The lowest BCUT2D eigenvalue weighted by Gasteiger charge is -2.09. The van der Waals surface area contributed by atoms with E-state index in [1.807, 2.05) is 24.3 Å². The van der Waals surface area contributed by atoms with Gasteiger partial charge in [0.1, 0.15) is 0 Å². The lowest BCUT2D eigenvalue weighted by molar-refractivity contribution is 1.21. The zero-order chi connectivity index (χ0) is 8.97. The topological polar surface area (TPSA) is 38.0 Å². The molecule has 0 radical (unpaired) electrons. The number of nitrogens with one attached hydrogen (secondary N) is 1. The smallest absolute Gasteiger partial charge is 0.0434 e. The largest absolute Gasteiger partial charge is 0.399 e. The first-order valence-corrected chi connectivity index (χ1v) is 4.03. The number of anilines is 1. The quantitative estimate of drug-likeness (QED) is 0.713. The highest BCUT2D eigenvalue weighted by molar-refractivity contribution is 5.72. The molecule has 0 saturated carbocycles. The Hall–Kier alpha value is -1.44. The third-order valence-electron chi connectivity index (χ3n) is 1.64. The zero-order valence-electron chi connectivity index (χ0n) is 7.30. The van der Waals surface area contributed by atoms with Gasteiger partial charge in [-0.15, -0.1) is 0 Å². The van der Waals surface area contributed by atoms with Crippen LogP contribution in [0, 0.1) is 0 Å². The van der Waals surface area contributed by atoms with Crippen LogP contribution in [0.5, 0.6) is 0 Å². The van der Waals surface area contributed by atoms with Crippen LogP contribution in [0.3, 0.4) is 0 Å². The molecule has 0 fully saturated rings. The van der Waals surface area contributed by atoms with Crippen molar-refractivity contribution in [2.45, 2.75) is 6.92 Å². The monoisotopic (exact) mass is 162 g/mol. The van der Waals surface area contributed by atoms with Crippen LogP contribution < -0.4 is 11.1 Å². The number of hydrogen-bond acceptors (Lipinski definition) is 2. The van der Waals surface area contributed by atoms with Gasteiger partial charge >= 0.3 is 0 Å². The normalized spacial score (nSPS) is 9.42. The molecule has 64 valence electrons.